The van der Waals surface area contributed by atoms with Gasteiger partial charge in [0.05, 0.1) is 17.4 Å². The molecule has 1 aliphatic heterocycles. The van der Waals surface area contributed by atoms with Crippen molar-refractivity contribution in [1.29, 1.82) is 0 Å². The second-order valence-corrected chi connectivity index (χ2v) is 5.88. The van der Waals surface area contributed by atoms with Gasteiger partial charge in [-0.15, -0.1) is 0 Å². The molecule has 0 spiro atoms. The topological polar surface area (TPSA) is 46.9 Å². The molecule has 1 aliphatic rings. The summed E-state index contributed by atoms with van der Waals surface area (Å²) in [5.74, 6) is 3.83. The van der Waals surface area contributed by atoms with E-state index in [0.717, 1.165) is 23.4 Å². The van der Waals surface area contributed by atoms with Gasteiger partial charge in [0.25, 0.3) is 5.56 Å². The molecular weight excluding hydrogens is 373 g/mol. The Bertz CT molecular complexity index is 760. The molecule has 0 amide bonds. The number of halogens is 1. The lowest BCUT2D eigenvalue weighted by Crippen LogP contribution is -2.37. The van der Waals surface area contributed by atoms with Crippen LogP contribution in [-0.4, -0.2) is 16.1 Å². The van der Waals surface area contributed by atoms with Gasteiger partial charge in [-0.25, -0.2) is 4.98 Å². The number of nitrogens with zero attached hydrogens (tertiary/aromatic N) is 2. The van der Waals surface area contributed by atoms with Crippen LogP contribution < -0.4 is 10.9 Å². The number of benzene rings is 1. The first-order chi connectivity index (χ1) is 9.29. The maximum atomic E-state index is 12.4. The van der Waals surface area contributed by atoms with E-state index in [9.17, 15) is 4.79 Å². The lowest BCUT2D eigenvalue weighted by Gasteiger charge is -2.18. The molecule has 0 saturated heterocycles. The predicted molar refractivity (Wildman–Crippen MR) is 86.2 cm³/mol. The number of hydrogen-bond acceptors (Lipinski definition) is 4. The second-order valence-electron chi connectivity index (χ2n) is 4.20. The van der Waals surface area contributed by atoms with E-state index in [1.165, 1.54) is 8.93 Å². The Labute approximate surface area is 126 Å². The van der Waals surface area contributed by atoms with Crippen molar-refractivity contribution in [2.45, 2.75) is 13.1 Å². The van der Waals surface area contributed by atoms with E-state index < -0.39 is 0 Å². The largest absolute Gasteiger partial charge is 0.308 e. The normalized spacial score (nSPS) is 13.7. The van der Waals surface area contributed by atoms with Crippen molar-refractivity contribution in [1.82, 2.24) is 14.9 Å². The van der Waals surface area contributed by atoms with Crippen LogP contribution in [0.1, 0.15) is 11.4 Å². The van der Waals surface area contributed by atoms with E-state index >= 15 is 0 Å². The minimum Gasteiger partial charge on any atom is -0.308 e. The Balaban J connectivity index is 2.21. The summed E-state index contributed by atoms with van der Waals surface area (Å²) in [7, 11) is 1.44. The number of rotatable bonds is 0. The Morgan fingerprint density at radius 1 is 1.47 bits per heavy atom. The summed E-state index contributed by atoms with van der Waals surface area (Å²) >= 11 is 2.13. The third-order valence-electron chi connectivity index (χ3n) is 3.06. The molecule has 0 bridgehead atoms. The molecule has 0 saturated carbocycles. The first-order valence-corrected chi connectivity index (χ1v) is 9.18. The Morgan fingerprint density at radius 3 is 3.21 bits per heavy atom. The maximum absolute atomic E-state index is 12.4. The molecular formula is C13H10IN3OS. The fraction of sp³-hybridized carbons (Fsp3) is 0.231. The molecule has 96 valence electrons. The van der Waals surface area contributed by atoms with Gasteiger partial charge in [0.2, 0.25) is 0 Å². The third-order valence-corrected chi connectivity index (χ3v) is 3.90. The highest BCUT2D eigenvalue weighted by Crippen LogP contribution is 2.13. The molecule has 0 unspecified atom stereocenters. The highest BCUT2D eigenvalue weighted by Gasteiger charge is 2.13. The van der Waals surface area contributed by atoms with Gasteiger partial charge in [0.1, 0.15) is 5.82 Å². The van der Waals surface area contributed by atoms with Crippen LogP contribution in [0.15, 0.2) is 23.0 Å². The molecule has 1 aromatic heterocycles. The van der Waals surface area contributed by atoms with Gasteiger partial charge in [-0.05, 0) is 32.4 Å². The Hall–Kier alpha value is -1.04. The van der Waals surface area contributed by atoms with Crippen LogP contribution in [0.25, 0.3) is 10.9 Å². The lowest BCUT2D eigenvalue weighted by atomic mass is 10.1. The average molecular weight is 383 g/mol. The summed E-state index contributed by atoms with van der Waals surface area (Å²) in [6, 6.07) is 5.58. The summed E-state index contributed by atoms with van der Waals surface area (Å²) in [5.41, 5.74) is 1.66. The van der Waals surface area contributed by atoms with Crippen molar-refractivity contribution < 1.29 is 0 Å². The molecule has 0 fully saturated rings. The van der Waals surface area contributed by atoms with Gasteiger partial charge in [-0.2, -0.15) is 0 Å². The van der Waals surface area contributed by atoms with Crippen LogP contribution in [0.5, 0.6) is 0 Å². The fourth-order valence-corrected chi connectivity index (χ4v) is 2.67. The van der Waals surface area contributed by atoms with Crippen LogP contribution in [0.2, 0.25) is 0 Å². The van der Waals surface area contributed by atoms with Crippen molar-refractivity contribution in [2.75, 3.05) is 6.54 Å². The summed E-state index contributed by atoms with van der Waals surface area (Å²) in [4.78, 5) is 16.9. The fourth-order valence-electron chi connectivity index (χ4n) is 2.18. The molecule has 3 rings (SSSR count). The molecule has 1 N–H and O–H groups in total. The molecule has 0 radical (unpaired) electrons. The quantitative estimate of drug-likeness (QED) is 0.558. The first-order valence-electron chi connectivity index (χ1n) is 5.82. The zero-order chi connectivity index (χ0) is 13.2. The van der Waals surface area contributed by atoms with Crippen LogP contribution >= 0.6 is 30.1 Å². The van der Waals surface area contributed by atoms with Crippen molar-refractivity contribution in [3.63, 3.8) is 0 Å². The zero-order valence-electron chi connectivity index (χ0n) is 9.94. The van der Waals surface area contributed by atoms with Crippen LogP contribution in [0.4, 0.5) is 0 Å². The Morgan fingerprint density at radius 2 is 2.37 bits per heavy atom. The van der Waals surface area contributed by atoms with E-state index in [1.807, 2.05) is 18.2 Å². The van der Waals surface area contributed by atoms with Gasteiger partial charge in [-0.3, -0.25) is 9.36 Å². The lowest BCUT2D eigenvalue weighted by molar-refractivity contribution is 0.486. The SMILES string of the molecule is O=c1c2ccc(C#CSI)cc2nc2n1CCNC2. The molecule has 0 atom stereocenters. The average Bonchev–Trinajstić information content (AvgIpc) is 2.45. The Kier molecular flexibility index (Phi) is 3.77. The van der Waals surface area contributed by atoms with Crippen LogP contribution in [-0.2, 0) is 13.1 Å². The van der Waals surface area contributed by atoms with Crippen LogP contribution in [0, 0.1) is 11.2 Å². The van der Waals surface area contributed by atoms with Gasteiger partial charge in [0, 0.05) is 39.9 Å². The standard InChI is InChI=1S/C13H10IN3OS/c14-19-6-3-9-1-2-10-11(7-9)16-12-8-15-4-5-17(12)13(10)18/h1-2,7,15H,4-5,8H2. The predicted octanol–water partition coefficient (Wildman–Crippen LogP) is 1.89. The minimum atomic E-state index is 0.0456. The second kappa shape index (κ2) is 5.53. The van der Waals surface area contributed by atoms with Gasteiger partial charge >= 0.3 is 0 Å². The molecule has 6 heteroatoms. The molecule has 1 aromatic carbocycles. The first kappa shape index (κ1) is 13.0. The highest BCUT2D eigenvalue weighted by molar-refractivity contribution is 14.2. The van der Waals surface area contributed by atoms with Gasteiger partial charge in [0.15, 0.2) is 0 Å². The van der Waals surface area contributed by atoms with E-state index in [0.29, 0.717) is 18.5 Å². The third kappa shape index (κ3) is 2.50. The summed E-state index contributed by atoms with van der Waals surface area (Å²) in [6.07, 6.45) is 0. The molecule has 2 aromatic rings. The number of nitrogens with one attached hydrogen (secondary N) is 1. The molecule has 0 aliphatic carbocycles. The minimum absolute atomic E-state index is 0.0456. The highest BCUT2D eigenvalue weighted by atomic mass is 127. The van der Waals surface area contributed by atoms with Crippen molar-refractivity contribution in [3.05, 3.63) is 39.9 Å². The van der Waals surface area contributed by atoms with E-state index in [2.05, 4.69) is 42.7 Å². The monoisotopic (exact) mass is 383 g/mol. The van der Waals surface area contributed by atoms with Gasteiger partial charge in [-0.1, -0.05) is 5.92 Å². The zero-order valence-corrected chi connectivity index (χ0v) is 12.9. The van der Waals surface area contributed by atoms with Gasteiger partial charge < -0.3 is 5.32 Å². The van der Waals surface area contributed by atoms with E-state index in [-0.39, 0.29) is 5.56 Å². The van der Waals surface area contributed by atoms with E-state index in [1.54, 1.807) is 4.57 Å². The molecule has 19 heavy (non-hydrogen) atoms. The summed E-state index contributed by atoms with van der Waals surface area (Å²) < 4.78 is 1.75. The number of aromatic nitrogens is 2. The molecule has 4 nitrogen and oxygen atoms in total. The van der Waals surface area contributed by atoms with Crippen LogP contribution in [0.3, 0.4) is 0 Å². The van der Waals surface area contributed by atoms with Crippen molar-refractivity contribution in [2.24, 2.45) is 0 Å². The maximum Gasteiger partial charge on any atom is 0.261 e. The van der Waals surface area contributed by atoms with E-state index in [4.69, 9.17) is 0 Å². The van der Waals surface area contributed by atoms with Crippen molar-refractivity contribution >= 4 is 41.0 Å². The van der Waals surface area contributed by atoms with Crippen molar-refractivity contribution in [3.8, 4) is 11.2 Å². The summed E-state index contributed by atoms with van der Waals surface area (Å²) in [5, 5.41) is 6.83. The summed E-state index contributed by atoms with van der Waals surface area (Å²) in [6.45, 7) is 2.14. The smallest absolute Gasteiger partial charge is 0.261 e. The number of hydrogen-bond donors (Lipinski definition) is 1. The number of fused-ring (bicyclic) bond motifs is 2. The molecule has 2 heterocycles.